The molecule has 0 fully saturated rings. The van der Waals surface area contributed by atoms with Crippen molar-refractivity contribution in [2.75, 3.05) is 31.2 Å². The van der Waals surface area contributed by atoms with Gasteiger partial charge in [-0.3, -0.25) is 9.79 Å². The molecule has 1 unspecified atom stereocenters. The molecule has 0 aliphatic heterocycles. The number of carbonyl (C=O) groups excluding carboxylic acids is 1. The molecule has 186 valence electrons. The quantitative estimate of drug-likeness (QED) is 0.107. The van der Waals surface area contributed by atoms with E-state index in [1.807, 2.05) is 36.4 Å². The van der Waals surface area contributed by atoms with Crippen molar-refractivity contribution in [3.05, 3.63) is 52.8 Å². The predicted molar refractivity (Wildman–Crippen MR) is 137 cm³/mol. The third-order valence-corrected chi connectivity index (χ3v) is 5.57. The number of aromatic nitrogens is 2. The number of hydrogen-bond donors (Lipinski definition) is 5. The normalized spacial score (nSPS) is 12.6. The number of aliphatic hydroxyl groups is 2. The van der Waals surface area contributed by atoms with Crippen LogP contribution in [0.4, 0.5) is 11.6 Å². The maximum absolute atomic E-state index is 12.4. The maximum Gasteiger partial charge on any atom is 0.192 e. The fraction of sp³-hybridized carbons (Fsp3) is 0.333. The highest BCUT2D eigenvalue weighted by molar-refractivity contribution is 6.31. The van der Waals surface area contributed by atoms with Crippen molar-refractivity contribution in [3.8, 4) is 5.75 Å². The van der Waals surface area contributed by atoms with E-state index in [1.54, 1.807) is 0 Å². The molecule has 0 saturated heterocycles. The SMILES string of the molecule is NC(CC(=O)c1nc(Cl)c(N)nc1N)=NCCCCc1ccc(OCC(O)CO)c2ccccc12. The van der Waals surface area contributed by atoms with Crippen LogP contribution in [0.25, 0.3) is 10.8 Å². The van der Waals surface area contributed by atoms with Gasteiger partial charge in [-0.2, -0.15) is 0 Å². The number of fused-ring (bicyclic) bond motifs is 1. The standard InChI is InChI=1S/C24H29ClN6O4/c25-22-24(28)31-23(27)21(30-22)18(34)11-20(26)29-10-4-3-5-14-8-9-19(35-13-15(33)12-32)17-7-2-1-6-16(14)17/h1-2,6-9,15,32-33H,3-5,10-13H2,(H2,26,29)(H4,27,28,31). The number of nitrogen functional groups attached to an aromatic ring is 2. The smallest absolute Gasteiger partial charge is 0.192 e. The van der Waals surface area contributed by atoms with Crippen molar-refractivity contribution < 1.29 is 19.7 Å². The number of carbonyl (C=O) groups is 1. The van der Waals surface area contributed by atoms with Crippen LogP contribution in [-0.4, -0.2) is 57.7 Å². The number of Topliss-reactive ketones (excluding diaryl/α,β-unsaturated/α-hetero) is 1. The van der Waals surface area contributed by atoms with Gasteiger partial charge >= 0.3 is 0 Å². The topological polar surface area (TPSA) is 183 Å². The van der Waals surface area contributed by atoms with E-state index in [2.05, 4.69) is 15.0 Å². The maximum atomic E-state index is 12.4. The molecular formula is C24H29ClN6O4. The van der Waals surface area contributed by atoms with Crippen molar-refractivity contribution in [3.63, 3.8) is 0 Å². The van der Waals surface area contributed by atoms with E-state index in [9.17, 15) is 9.90 Å². The Morgan fingerprint density at radius 1 is 1.09 bits per heavy atom. The van der Waals surface area contributed by atoms with Crippen molar-refractivity contribution in [1.82, 2.24) is 9.97 Å². The van der Waals surface area contributed by atoms with Crippen LogP contribution in [0.5, 0.6) is 5.75 Å². The van der Waals surface area contributed by atoms with E-state index < -0.39 is 11.9 Å². The zero-order valence-corrected chi connectivity index (χ0v) is 19.9. The summed E-state index contributed by atoms with van der Waals surface area (Å²) in [6.45, 7) is 0.141. The number of halogens is 1. The summed E-state index contributed by atoms with van der Waals surface area (Å²) in [5.41, 5.74) is 18.2. The number of ether oxygens (including phenoxy) is 1. The second-order valence-corrected chi connectivity index (χ2v) is 8.34. The molecule has 8 N–H and O–H groups in total. The van der Waals surface area contributed by atoms with Gasteiger partial charge in [-0.15, -0.1) is 0 Å². The van der Waals surface area contributed by atoms with Gasteiger partial charge in [-0.25, -0.2) is 9.97 Å². The first-order valence-corrected chi connectivity index (χ1v) is 11.5. The van der Waals surface area contributed by atoms with Gasteiger partial charge in [0.05, 0.1) is 13.0 Å². The molecule has 11 heteroatoms. The number of ketones is 1. The predicted octanol–water partition coefficient (Wildman–Crippen LogP) is 2.13. The number of benzene rings is 2. The number of amidine groups is 1. The summed E-state index contributed by atoms with van der Waals surface area (Å²) in [6.07, 6.45) is 1.40. The first-order chi connectivity index (χ1) is 16.8. The Balaban J connectivity index is 1.54. The van der Waals surface area contributed by atoms with E-state index in [0.717, 1.165) is 35.6 Å². The summed E-state index contributed by atoms with van der Waals surface area (Å²) in [5, 5.41) is 20.5. The van der Waals surface area contributed by atoms with Crippen LogP contribution in [0.3, 0.4) is 0 Å². The molecule has 3 aromatic rings. The van der Waals surface area contributed by atoms with Crippen LogP contribution in [0, 0.1) is 0 Å². The largest absolute Gasteiger partial charge is 0.490 e. The summed E-state index contributed by atoms with van der Waals surface area (Å²) in [6, 6.07) is 11.8. The summed E-state index contributed by atoms with van der Waals surface area (Å²) in [4.78, 5) is 24.3. The van der Waals surface area contributed by atoms with Gasteiger partial charge in [0.1, 0.15) is 24.3 Å². The van der Waals surface area contributed by atoms with Gasteiger partial charge in [0.15, 0.2) is 28.3 Å². The van der Waals surface area contributed by atoms with Crippen molar-refractivity contribution in [2.45, 2.75) is 31.8 Å². The molecule has 0 spiro atoms. The number of hydrogen-bond acceptors (Lipinski definition) is 9. The van der Waals surface area contributed by atoms with Gasteiger partial charge in [0, 0.05) is 11.9 Å². The van der Waals surface area contributed by atoms with Gasteiger partial charge in [0.25, 0.3) is 0 Å². The Bertz CT molecular complexity index is 1220. The second kappa shape index (κ2) is 12.3. The van der Waals surface area contributed by atoms with E-state index in [1.165, 1.54) is 0 Å². The summed E-state index contributed by atoms with van der Waals surface area (Å²) in [5.74, 6) is 0.266. The average Bonchev–Trinajstić information content (AvgIpc) is 2.84. The highest BCUT2D eigenvalue weighted by atomic mass is 35.5. The van der Waals surface area contributed by atoms with Crippen LogP contribution >= 0.6 is 11.6 Å². The fourth-order valence-corrected chi connectivity index (χ4v) is 3.64. The zero-order chi connectivity index (χ0) is 25.4. The van der Waals surface area contributed by atoms with Gasteiger partial charge in [-0.1, -0.05) is 41.9 Å². The molecule has 0 aliphatic carbocycles. The summed E-state index contributed by atoms with van der Waals surface area (Å²) < 4.78 is 5.68. The number of rotatable bonds is 12. The number of aliphatic imine (C=N–C) groups is 1. The minimum Gasteiger partial charge on any atom is -0.490 e. The molecule has 10 nitrogen and oxygen atoms in total. The summed E-state index contributed by atoms with van der Waals surface area (Å²) >= 11 is 5.82. The Labute approximate surface area is 207 Å². The molecule has 0 aliphatic rings. The van der Waals surface area contributed by atoms with Crippen molar-refractivity contribution in [1.29, 1.82) is 0 Å². The highest BCUT2D eigenvalue weighted by Gasteiger charge is 2.17. The average molecular weight is 501 g/mol. The molecule has 2 aromatic carbocycles. The molecule has 0 saturated carbocycles. The third-order valence-electron chi connectivity index (χ3n) is 5.30. The fourth-order valence-electron chi connectivity index (χ4n) is 3.52. The molecular weight excluding hydrogens is 472 g/mol. The highest BCUT2D eigenvalue weighted by Crippen LogP contribution is 2.29. The Morgan fingerprint density at radius 3 is 2.57 bits per heavy atom. The minimum absolute atomic E-state index is 0.0201. The molecule has 1 atom stereocenters. The Morgan fingerprint density at radius 2 is 1.83 bits per heavy atom. The number of nitrogens with zero attached hydrogens (tertiary/aromatic N) is 3. The molecule has 1 heterocycles. The molecule has 35 heavy (non-hydrogen) atoms. The number of nitrogens with two attached hydrogens (primary N) is 3. The van der Waals surface area contributed by atoms with Crippen molar-refractivity contribution >= 4 is 45.6 Å². The van der Waals surface area contributed by atoms with Gasteiger partial charge in [0.2, 0.25) is 0 Å². The molecule has 0 amide bonds. The lowest BCUT2D eigenvalue weighted by Crippen LogP contribution is -2.21. The number of unbranched alkanes of at least 4 members (excludes halogenated alkanes) is 1. The first-order valence-electron chi connectivity index (χ1n) is 11.1. The molecule has 0 bridgehead atoms. The van der Waals surface area contributed by atoms with E-state index >= 15 is 0 Å². The summed E-state index contributed by atoms with van der Waals surface area (Å²) in [7, 11) is 0. The van der Waals surface area contributed by atoms with Crippen LogP contribution in [-0.2, 0) is 6.42 Å². The number of aryl methyl sites for hydroxylation is 1. The van der Waals surface area contributed by atoms with Crippen LogP contribution < -0.4 is 21.9 Å². The van der Waals surface area contributed by atoms with Gasteiger partial charge < -0.3 is 32.2 Å². The van der Waals surface area contributed by atoms with Crippen LogP contribution in [0.1, 0.15) is 35.3 Å². The third kappa shape index (κ3) is 7.01. The molecule has 1 aromatic heterocycles. The van der Waals surface area contributed by atoms with Crippen LogP contribution in [0.2, 0.25) is 5.15 Å². The minimum atomic E-state index is -0.925. The van der Waals surface area contributed by atoms with E-state index in [4.69, 9.17) is 38.6 Å². The lowest BCUT2D eigenvalue weighted by atomic mass is 9.99. The lowest BCUT2D eigenvalue weighted by molar-refractivity contribution is 0.0541. The van der Waals surface area contributed by atoms with Crippen molar-refractivity contribution in [2.24, 2.45) is 10.7 Å². The Kier molecular flexibility index (Phi) is 9.18. The first kappa shape index (κ1) is 26.1. The lowest BCUT2D eigenvalue weighted by Gasteiger charge is -2.14. The van der Waals surface area contributed by atoms with E-state index in [-0.39, 0.29) is 48.0 Å². The second-order valence-electron chi connectivity index (χ2n) is 7.98. The number of aliphatic hydroxyl groups excluding tert-OH is 2. The zero-order valence-electron chi connectivity index (χ0n) is 19.2. The Hall–Kier alpha value is -3.47. The van der Waals surface area contributed by atoms with Crippen LogP contribution in [0.15, 0.2) is 41.4 Å². The number of anilines is 2. The molecule has 3 rings (SSSR count). The monoisotopic (exact) mass is 500 g/mol. The molecule has 0 radical (unpaired) electrons. The van der Waals surface area contributed by atoms with Gasteiger partial charge in [-0.05, 0) is 36.3 Å². The van der Waals surface area contributed by atoms with E-state index in [0.29, 0.717) is 12.3 Å².